The van der Waals surface area contributed by atoms with Gasteiger partial charge in [0.1, 0.15) is 5.82 Å². The van der Waals surface area contributed by atoms with Gasteiger partial charge in [0, 0.05) is 18.2 Å². The molecule has 5 nitrogen and oxygen atoms in total. The molecule has 0 N–H and O–H groups in total. The number of para-hydroxylation sites is 1. The van der Waals surface area contributed by atoms with Gasteiger partial charge >= 0.3 is 0 Å². The first-order valence-corrected chi connectivity index (χ1v) is 5.38. The maximum absolute atomic E-state index is 13.6. The zero-order chi connectivity index (χ0) is 13.8. The summed E-state index contributed by atoms with van der Waals surface area (Å²) < 4.78 is 14.1. The van der Waals surface area contributed by atoms with E-state index >= 15 is 0 Å². The van der Waals surface area contributed by atoms with Gasteiger partial charge in [0.25, 0.3) is 5.69 Å². The monoisotopic (exact) mass is 260 g/mol. The molecule has 96 valence electrons. The number of hydrogen-bond acceptors (Lipinski definition) is 3. The summed E-state index contributed by atoms with van der Waals surface area (Å²) in [5, 5.41) is 22.2. The second-order valence-corrected chi connectivity index (χ2v) is 3.75. The molecule has 0 heterocycles. The summed E-state index contributed by atoms with van der Waals surface area (Å²) in [7, 11) is 0. The molecule has 2 aromatic carbocycles. The molecular formula is C13H9FN2O3. The van der Waals surface area contributed by atoms with E-state index in [0.29, 0.717) is 10.4 Å². The third-order valence-corrected chi connectivity index (χ3v) is 2.46. The lowest BCUT2D eigenvalue weighted by Gasteiger charge is -2.02. The maximum Gasteiger partial charge on any atom is 0.272 e. The second-order valence-electron chi connectivity index (χ2n) is 3.75. The van der Waals surface area contributed by atoms with Crippen molar-refractivity contribution in [3.63, 3.8) is 0 Å². The Bertz CT molecular complexity index is 642. The molecule has 0 fully saturated rings. The normalized spacial score (nSPS) is 11.3. The molecule has 0 amide bonds. The van der Waals surface area contributed by atoms with E-state index in [2.05, 4.69) is 0 Å². The van der Waals surface area contributed by atoms with Crippen LogP contribution in [0.2, 0.25) is 0 Å². The van der Waals surface area contributed by atoms with Gasteiger partial charge in [0.2, 0.25) is 5.69 Å². The fourth-order valence-electron chi connectivity index (χ4n) is 1.51. The Balaban J connectivity index is 2.36. The number of nitrogens with zero attached hydrogens (tertiary/aromatic N) is 2. The molecule has 0 unspecified atom stereocenters. The van der Waals surface area contributed by atoms with Crippen molar-refractivity contribution in [2.45, 2.75) is 0 Å². The molecule has 2 aromatic rings. The van der Waals surface area contributed by atoms with Crippen LogP contribution in [0.4, 0.5) is 15.8 Å². The first-order chi connectivity index (χ1) is 9.08. The molecule has 0 aliphatic rings. The molecule has 6 heteroatoms. The van der Waals surface area contributed by atoms with E-state index in [4.69, 9.17) is 0 Å². The summed E-state index contributed by atoms with van der Waals surface area (Å²) in [4.78, 5) is 9.77. The minimum absolute atomic E-state index is 0.00977. The van der Waals surface area contributed by atoms with Crippen LogP contribution >= 0.6 is 0 Å². The fraction of sp³-hybridized carbons (Fsp3) is 0. The van der Waals surface area contributed by atoms with Crippen molar-refractivity contribution in [1.82, 2.24) is 0 Å². The van der Waals surface area contributed by atoms with Gasteiger partial charge in [-0.15, -0.1) is 0 Å². The van der Waals surface area contributed by atoms with Crippen LogP contribution in [0.1, 0.15) is 5.56 Å². The largest absolute Gasteiger partial charge is 0.618 e. The van der Waals surface area contributed by atoms with Crippen LogP contribution in [0.25, 0.3) is 0 Å². The molecule has 0 aliphatic carbocycles. The van der Waals surface area contributed by atoms with Crippen LogP contribution in [0.3, 0.4) is 0 Å². The smallest absolute Gasteiger partial charge is 0.272 e. The van der Waals surface area contributed by atoms with Crippen molar-refractivity contribution >= 4 is 17.6 Å². The van der Waals surface area contributed by atoms with E-state index in [0.717, 1.165) is 18.3 Å². The fourth-order valence-corrected chi connectivity index (χ4v) is 1.51. The topological polar surface area (TPSA) is 69.2 Å². The summed E-state index contributed by atoms with van der Waals surface area (Å²) in [5.74, 6) is -0.814. The lowest BCUT2D eigenvalue weighted by atomic mass is 10.2. The SMILES string of the molecule is O=[N+]([O-])c1ccc(C=[N+]([O-])c2ccccc2)c(F)c1. The van der Waals surface area contributed by atoms with E-state index < -0.39 is 10.7 Å². The summed E-state index contributed by atoms with van der Waals surface area (Å²) in [6.07, 6.45) is 1.04. The first-order valence-electron chi connectivity index (χ1n) is 5.38. The van der Waals surface area contributed by atoms with E-state index in [-0.39, 0.29) is 11.3 Å². The van der Waals surface area contributed by atoms with Gasteiger partial charge in [-0.25, -0.2) is 4.39 Å². The highest BCUT2D eigenvalue weighted by molar-refractivity contribution is 5.77. The Kier molecular flexibility index (Phi) is 3.51. The zero-order valence-corrected chi connectivity index (χ0v) is 9.69. The molecule has 0 aromatic heterocycles. The van der Waals surface area contributed by atoms with Crippen molar-refractivity contribution in [2.75, 3.05) is 0 Å². The average molecular weight is 260 g/mol. The third-order valence-electron chi connectivity index (χ3n) is 2.46. The quantitative estimate of drug-likeness (QED) is 0.280. The zero-order valence-electron chi connectivity index (χ0n) is 9.69. The first kappa shape index (κ1) is 12.7. The van der Waals surface area contributed by atoms with Gasteiger partial charge < -0.3 is 5.21 Å². The van der Waals surface area contributed by atoms with E-state index in [9.17, 15) is 19.7 Å². The number of nitro benzene ring substituents is 1. The van der Waals surface area contributed by atoms with Crippen LogP contribution in [0, 0.1) is 21.1 Å². The highest BCUT2D eigenvalue weighted by Crippen LogP contribution is 2.16. The summed E-state index contributed by atoms with van der Waals surface area (Å²) in [6, 6.07) is 11.4. The highest BCUT2D eigenvalue weighted by atomic mass is 19.1. The summed E-state index contributed by atoms with van der Waals surface area (Å²) in [6.45, 7) is 0. The molecule has 0 saturated heterocycles. The summed E-state index contributed by atoms with van der Waals surface area (Å²) >= 11 is 0. The number of hydrogen-bond donors (Lipinski definition) is 0. The van der Waals surface area contributed by atoms with Crippen molar-refractivity contribution in [2.24, 2.45) is 0 Å². The van der Waals surface area contributed by atoms with E-state index in [1.54, 1.807) is 30.3 Å². The van der Waals surface area contributed by atoms with E-state index in [1.165, 1.54) is 6.07 Å². The number of non-ortho nitro benzene ring substituents is 1. The molecular weight excluding hydrogens is 251 g/mol. The van der Waals surface area contributed by atoms with Gasteiger partial charge in [-0.05, 0) is 6.07 Å². The number of nitro groups is 1. The molecule has 2 rings (SSSR count). The molecule has 0 radical (unpaired) electrons. The van der Waals surface area contributed by atoms with Crippen LogP contribution in [-0.2, 0) is 0 Å². The standard InChI is InChI=1S/C13H9FN2O3/c14-13-8-12(16(18)19)7-6-10(13)9-15(17)11-4-2-1-3-5-11/h1-9H. The molecule has 0 saturated carbocycles. The van der Waals surface area contributed by atoms with Crippen LogP contribution < -0.4 is 0 Å². The lowest BCUT2D eigenvalue weighted by Crippen LogP contribution is -2.01. The minimum atomic E-state index is -0.814. The maximum atomic E-state index is 13.6. The Morgan fingerprint density at radius 3 is 2.26 bits per heavy atom. The third kappa shape index (κ3) is 2.92. The van der Waals surface area contributed by atoms with Crippen LogP contribution in [0.15, 0.2) is 48.5 Å². The van der Waals surface area contributed by atoms with Crippen molar-refractivity contribution in [3.05, 3.63) is 75.2 Å². The minimum Gasteiger partial charge on any atom is -0.618 e. The van der Waals surface area contributed by atoms with Gasteiger partial charge in [0.15, 0.2) is 6.21 Å². The molecule has 0 atom stereocenters. The van der Waals surface area contributed by atoms with Gasteiger partial charge in [0.05, 0.1) is 16.6 Å². The van der Waals surface area contributed by atoms with Gasteiger partial charge in [-0.2, -0.15) is 4.74 Å². The number of halogens is 1. The lowest BCUT2D eigenvalue weighted by molar-refractivity contribution is -0.385. The predicted octanol–water partition coefficient (Wildman–Crippen LogP) is 2.99. The second kappa shape index (κ2) is 5.26. The molecule has 0 bridgehead atoms. The average Bonchev–Trinajstić information content (AvgIpc) is 2.41. The van der Waals surface area contributed by atoms with Crippen LogP contribution in [-0.4, -0.2) is 15.9 Å². The van der Waals surface area contributed by atoms with E-state index in [1.807, 2.05) is 0 Å². The summed E-state index contributed by atoms with van der Waals surface area (Å²) in [5.41, 5.74) is -0.0171. The Morgan fingerprint density at radius 1 is 1.00 bits per heavy atom. The van der Waals surface area contributed by atoms with Gasteiger partial charge in [-0.1, -0.05) is 18.2 Å². The highest BCUT2D eigenvalue weighted by Gasteiger charge is 2.11. The van der Waals surface area contributed by atoms with Crippen molar-refractivity contribution < 1.29 is 14.1 Å². The predicted molar refractivity (Wildman–Crippen MR) is 67.9 cm³/mol. The van der Waals surface area contributed by atoms with Crippen molar-refractivity contribution in [3.8, 4) is 0 Å². The van der Waals surface area contributed by atoms with Crippen LogP contribution in [0.5, 0.6) is 0 Å². The van der Waals surface area contributed by atoms with Crippen molar-refractivity contribution in [1.29, 1.82) is 0 Å². The number of rotatable bonds is 3. The number of benzene rings is 2. The Morgan fingerprint density at radius 2 is 1.68 bits per heavy atom. The Hall–Kier alpha value is -2.76. The molecule has 0 spiro atoms. The molecule has 19 heavy (non-hydrogen) atoms. The Labute approximate surface area is 108 Å². The molecule has 0 aliphatic heterocycles. The van der Waals surface area contributed by atoms with Gasteiger partial charge in [-0.3, -0.25) is 10.1 Å².